The minimum Gasteiger partial charge on any atom is -0.462 e. The summed E-state index contributed by atoms with van der Waals surface area (Å²) in [4.78, 5) is 19.8. The number of aryl methyl sites for hydroxylation is 1. The standard InChI is InChI=1S/C12H17N3O2/c1-5-8(3)14-12-13-7-10(9(4)15-12)11(16)17-6-2/h5,7-8H,1,6H2,2-4H3,(H,13,14,15). The second-order valence-corrected chi connectivity index (χ2v) is 3.58. The molecule has 1 N–H and O–H groups in total. The SMILES string of the molecule is C=CC(C)Nc1ncc(C(=O)OCC)c(C)n1. The zero-order valence-electron chi connectivity index (χ0n) is 10.4. The van der Waals surface area contributed by atoms with Gasteiger partial charge in [0.25, 0.3) is 0 Å². The van der Waals surface area contributed by atoms with Crippen LogP contribution in [0.1, 0.15) is 29.9 Å². The second-order valence-electron chi connectivity index (χ2n) is 3.58. The topological polar surface area (TPSA) is 64.1 Å². The average Bonchev–Trinajstić information content (AvgIpc) is 2.29. The second kappa shape index (κ2) is 5.98. The molecule has 17 heavy (non-hydrogen) atoms. The van der Waals surface area contributed by atoms with Crippen molar-refractivity contribution in [2.75, 3.05) is 11.9 Å². The molecule has 0 saturated carbocycles. The molecule has 0 radical (unpaired) electrons. The van der Waals surface area contributed by atoms with Crippen LogP contribution in [0.25, 0.3) is 0 Å². The van der Waals surface area contributed by atoms with E-state index in [1.165, 1.54) is 6.20 Å². The number of anilines is 1. The molecular weight excluding hydrogens is 218 g/mol. The molecule has 5 nitrogen and oxygen atoms in total. The van der Waals surface area contributed by atoms with Gasteiger partial charge in [-0.3, -0.25) is 0 Å². The van der Waals surface area contributed by atoms with Crippen molar-refractivity contribution in [1.29, 1.82) is 0 Å². The van der Waals surface area contributed by atoms with Crippen LogP contribution in [-0.4, -0.2) is 28.6 Å². The van der Waals surface area contributed by atoms with Crippen molar-refractivity contribution >= 4 is 11.9 Å². The molecule has 1 aromatic heterocycles. The van der Waals surface area contributed by atoms with E-state index >= 15 is 0 Å². The minimum absolute atomic E-state index is 0.0721. The molecule has 1 atom stereocenters. The van der Waals surface area contributed by atoms with Gasteiger partial charge in [-0.15, -0.1) is 6.58 Å². The van der Waals surface area contributed by atoms with E-state index in [2.05, 4.69) is 21.9 Å². The Morgan fingerprint density at radius 1 is 1.71 bits per heavy atom. The minimum atomic E-state index is -0.395. The average molecular weight is 235 g/mol. The van der Waals surface area contributed by atoms with E-state index < -0.39 is 5.97 Å². The molecule has 0 saturated heterocycles. The van der Waals surface area contributed by atoms with E-state index in [0.29, 0.717) is 23.8 Å². The molecule has 1 unspecified atom stereocenters. The van der Waals surface area contributed by atoms with Gasteiger partial charge in [0.1, 0.15) is 0 Å². The Morgan fingerprint density at radius 3 is 2.94 bits per heavy atom. The van der Waals surface area contributed by atoms with Crippen molar-refractivity contribution in [2.45, 2.75) is 26.8 Å². The number of nitrogens with zero attached hydrogens (tertiary/aromatic N) is 2. The summed E-state index contributed by atoms with van der Waals surface area (Å²) in [5.74, 6) is 0.0799. The van der Waals surface area contributed by atoms with Crippen LogP contribution in [0.15, 0.2) is 18.9 Å². The number of ether oxygens (including phenoxy) is 1. The highest BCUT2D eigenvalue weighted by Crippen LogP contribution is 2.09. The van der Waals surface area contributed by atoms with E-state index in [1.54, 1.807) is 19.9 Å². The van der Waals surface area contributed by atoms with Crippen molar-refractivity contribution in [1.82, 2.24) is 9.97 Å². The first-order valence-corrected chi connectivity index (χ1v) is 5.48. The molecule has 92 valence electrons. The number of nitrogens with one attached hydrogen (secondary N) is 1. The van der Waals surface area contributed by atoms with Crippen molar-refractivity contribution in [3.63, 3.8) is 0 Å². The van der Waals surface area contributed by atoms with E-state index in [4.69, 9.17) is 4.74 Å². The van der Waals surface area contributed by atoms with Crippen molar-refractivity contribution in [3.05, 3.63) is 30.1 Å². The molecule has 0 bridgehead atoms. The van der Waals surface area contributed by atoms with Crippen molar-refractivity contribution < 1.29 is 9.53 Å². The molecule has 1 heterocycles. The molecule has 0 amide bonds. The summed E-state index contributed by atoms with van der Waals surface area (Å²) in [5.41, 5.74) is 0.987. The van der Waals surface area contributed by atoms with Gasteiger partial charge in [0.05, 0.1) is 17.9 Å². The quantitative estimate of drug-likeness (QED) is 0.624. The fraction of sp³-hybridized carbons (Fsp3) is 0.417. The Kier molecular flexibility index (Phi) is 4.63. The van der Waals surface area contributed by atoms with Crippen LogP contribution in [0.4, 0.5) is 5.95 Å². The van der Waals surface area contributed by atoms with Crippen LogP contribution in [-0.2, 0) is 4.74 Å². The summed E-state index contributed by atoms with van der Waals surface area (Å²) in [6, 6.07) is 0.0721. The summed E-state index contributed by atoms with van der Waals surface area (Å²) < 4.78 is 4.90. The third kappa shape index (κ3) is 3.55. The lowest BCUT2D eigenvalue weighted by atomic mass is 10.2. The number of aromatic nitrogens is 2. The third-order valence-electron chi connectivity index (χ3n) is 2.18. The molecule has 1 aromatic rings. The van der Waals surface area contributed by atoms with E-state index in [-0.39, 0.29) is 6.04 Å². The van der Waals surface area contributed by atoms with Gasteiger partial charge in [0.2, 0.25) is 5.95 Å². The van der Waals surface area contributed by atoms with Crippen LogP contribution in [0, 0.1) is 6.92 Å². The molecule has 0 aliphatic rings. The van der Waals surface area contributed by atoms with Crippen molar-refractivity contribution in [3.8, 4) is 0 Å². The normalized spacial score (nSPS) is 11.7. The number of carbonyl (C=O) groups is 1. The summed E-state index contributed by atoms with van der Waals surface area (Å²) in [6.45, 7) is 9.44. The maximum Gasteiger partial charge on any atom is 0.341 e. The first kappa shape index (κ1) is 13.2. The van der Waals surface area contributed by atoms with Gasteiger partial charge in [0, 0.05) is 12.2 Å². The number of hydrogen-bond donors (Lipinski definition) is 1. The maximum atomic E-state index is 11.5. The smallest absolute Gasteiger partial charge is 0.341 e. The Balaban J connectivity index is 2.86. The van der Waals surface area contributed by atoms with Gasteiger partial charge in [-0.05, 0) is 20.8 Å². The van der Waals surface area contributed by atoms with Gasteiger partial charge < -0.3 is 10.1 Å². The Labute approximate surface area is 101 Å². The van der Waals surface area contributed by atoms with Gasteiger partial charge in [-0.2, -0.15) is 0 Å². The fourth-order valence-corrected chi connectivity index (χ4v) is 1.21. The maximum absolute atomic E-state index is 11.5. The lowest BCUT2D eigenvalue weighted by Crippen LogP contribution is -2.16. The molecule has 0 spiro atoms. The Hall–Kier alpha value is -1.91. The zero-order chi connectivity index (χ0) is 12.8. The zero-order valence-corrected chi connectivity index (χ0v) is 10.4. The molecule has 0 aliphatic heterocycles. The fourth-order valence-electron chi connectivity index (χ4n) is 1.21. The largest absolute Gasteiger partial charge is 0.462 e. The molecular formula is C12H17N3O2. The Bertz CT molecular complexity index is 418. The predicted molar refractivity (Wildman–Crippen MR) is 66.0 cm³/mol. The molecule has 0 aliphatic carbocycles. The van der Waals surface area contributed by atoms with Crippen LogP contribution in [0.3, 0.4) is 0 Å². The van der Waals surface area contributed by atoms with Crippen LogP contribution in [0.2, 0.25) is 0 Å². The van der Waals surface area contributed by atoms with E-state index in [1.807, 2.05) is 6.92 Å². The van der Waals surface area contributed by atoms with Crippen LogP contribution in [0.5, 0.6) is 0 Å². The van der Waals surface area contributed by atoms with Gasteiger partial charge in [-0.1, -0.05) is 6.08 Å². The Morgan fingerprint density at radius 2 is 2.41 bits per heavy atom. The number of esters is 1. The first-order valence-electron chi connectivity index (χ1n) is 5.48. The molecule has 0 aromatic carbocycles. The summed E-state index contributed by atoms with van der Waals surface area (Å²) in [6.07, 6.45) is 3.22. The molecule has 1 rings (SSSR count). The highest BCUT2D eigenvalue weighted by atomic mass is 16.5. The van der Waals surface area contributed by atoms with Gasteiger partial charge >= 0.3 is 5.97 Å². The lowest BCUT2D eigenvalue weighted by molar-refractivity contribution is 0.0524. The first-order chi connectivity index (χ1) is 8.08. The third-order valence-corrected chi connectivity index (χ3v) is 2.18. The van der Waals surface area contributed by atoms with Crippen LogP contribution < -0.4 is 5.32 Å². The number of rotatable bonds is 5. The number of hydrogen-bond acceptors (Lipinski definition) is 5. The number of carbonyl (C=O) groups excluding carboxylic acids is 1. The molecule has 5 heteroatoms. The predicted octanol–water partition coefficient (Wildman–Crippen LogP) is 1.95. The highest BCUT2D eigenvalue weighted by Gasteiger charge is 2.12. The monoisotopic (exact) mass is 235 g/mol. The van der Waals surface area contributed by atoms with Crippen molar-refractivity contribution in [2.24, 2.45) is 0 Å². The lowest BCUT2D eigenvalue weighted by Gasteiger charge is -2.10. The summed E-state index contributed by atoms with van der Waals surface area (Å²) >= 11 is 0. The summed E-state index contributed by atoms with van der Waals surface area (Å²) in [7, 11) is 0. The van der Waals surface area contributed by atoms with Gasteiger partial charge in [0.15, 0.2) is 0 Å². The molecule has 0 fully saturated rings. The van der Waals surface area contributed by atoms with E-state index in [9.17, 15) is 4.79 Å². The van der Waals surface area contributed by atoms with E-state index in [0.717, 1.165) is 0 Å². The van der Waals surface area contributed by atoms with Gasteiger partial charge in [-0.25, -0.2) is 14.8 Å². The summed E-state index contributed by atoms with van der Waals surface area (Å²) in [5, 5.41) is 3.04. The highest BCUT2D eigenvalue weighted by molar-refractivity contribution is 5.90. The van der Waals surface area contributed by atoms with Crippen LogP contribution >= 0.6 is 0 Å².